The Morgan fingerprint density at radius 1 is 0.824 bits per heavy atom. The summed E-state index contributed by atoms with van der Waals surface area (Å²) in [6.45, 7) is 23.0. The summed E-state index contributed by atoms with van der Waals surface area (Å²) in [4.78, 5) is 27.4. The van der Waals surface area contributed by atoms with Crippen molar-refractivity contribution in [1.29, 1.82) is 0 Å². The van der Waals surface area contributed by atoms with Crippen molar-refractivity contribution in [2.75, 3.05) is 13.1 Å². The molecule has 0 aliphatic carbocycles. The Balaban J connectivity index is 0.000000350. The van der Waals surface area contributed by atoms with Crippen LogP contribution in [0.3, 0.4) is 0 Å². The summed E-state index contributed by atoms with van der Waals surface area (Å²) in [6.07, 6.45) is 2.91. The second-order valence-electron chi connectivity index (χ2n) is 12.4. The number of likely N-dealkylation sites (tertiary alicyclic amines) is 2. The Labute approximate surface area is 208 Å². The van der Waals surface area contributed by atoms with Crippen molar-refractivity contribution in [3.8, 4) is 0 Å². The normalized spacial score (nSPS) is 23.2. The number of hydrogen-bond donors (Lipinski definition) is 1. The molecule has 2 fully saturated rings. The molecule has 8 nitrogen and oxygen atoms in total. The van der Waals surface area contributed by atoms with Gasteiger partial charge in [-0.1, -0.05) is 0 Å². The van der Waals surface area contributed by atoms with Gasteiger partial charge in [-0.3, -0.25) is 0 Å². The highest BCUT2D eigenvalue weighted by Gasteiger charge is 2.37. The van der Waals surface area contributed by atoms with Crippen molar-refractivity contribution in [2.24, 2.45) is 0 Å². The number of nitrogens with zero attached hydrogens (tertiary/aromatic N) is 2. The molecule has 9 heteroatoms. The van der Waals surface area contributed by atoms with E-state index in [0.29, 0.717) is 6.54 Å². The predicted octanol–water partition coefficient (Wildman–Crippen LogP) is 5.39. The van der Waals surface area contributed by atoms with Crippen molar-refractivity contribution in [3.05, 3.63) is 0 Å². The maximum atomic E-state index is 12.2. The Hall–Kier alpha value is -1.32. The van der Waals surface area contributed by atoms with E-state index in [0.717, 1.165) is 32.2 Å². The third-order valence-electron chi connectivity index (χ3n) is 5.49. The van der Waals surface area contributed by atoms with Crippen molar-refractivity contribution in [1.82, 2.24) is 9.80 Å². The molecule has 0 aromatic rings. The van der Waals surface area contributed by atoms with Crippen LogP contribution in [0.15, 0.2) is 0 Å². The molecule has 0 bridgehead atoms. The van der Waals surface area contributed by atoms with E-state index in [-0.39, 0.29) is 30.4 Å². The highest BCUT2D eigenvalue weighted by molar-refractivity contribution is 6.69. The zero-order valence-electron chi connectivity index (χ0n) is 23.4. The van der Waals surface area contributed by atoms with Crippen LogP contribution < -0.4 is 0 Å². The van der Waals surface area contributed by atoms with Gasteiger partial charge in [-0.15, -0.1) is 0 Å². The van der Waals surface area contributed by atoms with Gasteiger partial charge in [0.2, 0.25) is 0 Å². The Kier molecular flexibility index (Phi) is 10.9. The minimum Gasteiger partial charge on any atom is -0.444 e. The molecule has 4 atom stereocenters. The molecule has 0 saturated carbocycles. The van der Waals surface area contributed by atoms with Crippen LogP contribution in [0.25, 0.3) is 0 Å². The highest BCUT2D eigenvalue weighted by atomic mass is 28.4. The first-order chi connectivity index (χ1) is 15.3. The van der Waals surface area contributed by atoms with E-state index in [9.17, 15) is 14.7 Å². The molecule has 2 rings (SSSR count). The van der Waals surface area contributed by atoms with E-state index in [1.807, 2.05) is 46.4 Å². The van der Waals surface area contributed by atoms with Crippen molar-refractivity contribution >= 4 is 20.5 Å². The lowest BCUT2D eigenvalue weighted by Gasteiger charge is -2.34. The van der Waals surface area contributed by atoms with Crippen LogP contribution in [0.1, 0.15) is 81.1 Å². The van der Waals surface area contributed by atoms with Gasteiger partial charge < -0.3 is 28.8 Å². The first kappa shape index (κ1) is 30.7. The number of aliphatic hydroxyl groups is 1. The number of carbonyl (C=O) groups excluding carboxylic acids is 2. The van der Waals surface area contributed by atoms with Crippen LogP contribution >= 0.6 is 0 Å². The molecular formula is C25H50N2O6Si. The van der Waals surface area contributed by atoms with Crippen LogP contribution in [0, 0.1) is 0 Å². The second kappa shape index (κ2) is 12.1. The standard InChI is InChI=1S/C14H29NO3Si.C11H21NO3/c1-11(18-19(5,6)7)12-9-8-10-15(12)13(16)17-14(2,3)4;1-8(13)9-6-5-7-12(9)10(14)15-11(2,3)4/h11-12H,8-10H2,1-7H3;8-9,13H,5-7H2,1-4H3/t11?,12-;8?,9-/m00/s1. The molecule has 2 saturated heterocycles. The van der Waals surface area contributed by atoms with Gasteiger partial charge in [0.1, 0.15) is 11.2 Å². The van der Waals surface area contributed by atoms with Crippen LogP contribution in [-0.4, -0.2) is 84.0 Å². The smallest absolute Gasteiger partial charge is 0.410 e. The van der Waals surface area contributed by atoms with Crippen molar-refractivity contribution in [3.63, 3.8) is 0 Å². The van der Waals surface area contributed by atoms with Gasteiger partial charge in [0.15, 0.2) is 8.32 Å². The summed E-state index contributed by atoms with van der Waals surface area (Å²) in [5.41, 5.74) is -0.907. The molecule has 2 unspecified atom stereocenters. The van der Waals surface area contributed by atoms with E-state index >= 15 is 0 Å². The van der Waals surface area contributed by atoms with Gasteiger partial charge >= 0.3 is 12.2 Å². The fraction of sp³-hybridized carbons (Fsp3) is 0.920. The van der Waals surface area contributed by atoms with Crippen LogP contribution in [-0.2, 0) is 13.9 Å². The minimum absolute atomic E-state index is 0.0835. The number of hydrogen-bond acceptors (Lipinski definition) is 6. The fourth-order valence-electron chi connectivity index (χ4n) is 4.31. The SMILES string of the molecule is CC(O)[C@@H]1CCCN1C(=O)OC(C)(C)C.CC(O[Si](C)(C)C)[C@@H]1CCCN1C(=O)OC(C)(C)C. The largest absolute Gasteiger partial charge is 0.444 e. The summed E-state index contributed by atoms with van der Waals surface area (Å²) in [5, 5.41) is 9.52. The highest BCUT2D eigenvalue weighted by Crippen LogP contribution is 2.26. The summed E-state index contributed by atoms with van der Waals surface area (Å²) >= 11 is 0. The lowest BCUT2D eigenvalue weighted by molar-refractivity contribution is 0.00785. The third-order valence-corrected chi connectivity index (χ3v) is 6.57. The van der Waals surface area contributed by atoms with Gasteiger partial charge in [-0.05, 0) is 101 Å². The Bertz CT molecular complexity index is 666. The molecule has 0 aromatic heterocycles. The molecule has 0 radical (unpaired) electrons. The molecule has 2 aliphatic heterocycles. The molecule has 0 aromatic carbocycles. The van der Waals surface area contributed by atoms with Gasteiger partial charge in [0.25, 0.3) is 0 Å². The quantitative estimate of drug-likeness (QED) is 0.518. The Morgan fingerprint density at radius 3 is 1.56 bits per heavy atom. The lowest BCUT2D eigenvalue weighted by Crippen LogP contribution is -2.47. The molecule has 2 aliphatic rings. The fourth-order valence-corrected chi connectivity index (χ4v) is 5.58. The maximum absolute atomic E-state index is 12.2. The predicted molar refractivity (Wildman–Crippen MR) is 137 cm³/mol. The second-order valence-corrected chi connectivity index (χ2v) is 16.9. The zero-order valence-corrected chi connectivity index (χ0v) is 24.4. The molecule has 2 amide bonds. The Morgan fingerprint density at radius 2 is 1.21 bits per heavy atom. The topological polar surface area (TPSA) is 88.5 Å². The number of rotatable bonds is 4. The lowest BCUT2D eigenvalue weighted by atomic mass is 10.1. The first-order valence-corrected chi connectivity index (χ1v) is 16.1. The van der Waals surface area contributed by atoms with Gasteiger partial charge in [0.05, 0.1) is 24.3 Å². The van der Waals surface area contributed by atoms with Gasteiger partial charge in [-0.25, -0.2) is 9.59 Å². The van der Waals surface area contributed by atoms with E-state index in [1.54, 1.807) is 11.8 Å². The number of amides is 2. The maximum Gasteiger partial charge on any atom is 0.410 e. The van der Waals surface area contributed by atoms with Crippen molar-refractivity contribution in [2.45, 2.75) is 136 Å². The molecule has 0 spiro atoms. The molecule has 200 valence electrons. The molecular weight excluding hydrogens is 452 g/mol. The average Bonchev–Trinajstić information content (AvgIpc) is 3.27. The molecule has 34 heavy (non-hydrogen) atoms. The minimum atomic E-state index is -1.58. The van der Waals surface area contributed by atoms with Crippen LogP contribution in [0.5, 0.6) is 0 Å². The summed E-state index contributed by atoms with van der Waals surface area (Å²) < 4.78 is 16.9. The van der Waals surface area contributed by atoms with E-state index in [4.69, 9.17) is 13.9 Å². The number of aliphatic hydroxyl groups excluding tert-OH is 1. The summed E-state index contributed by atoms with van der Waals surface area (Å²) in [6, 6.07) is 0.0708. The van der Waals surface area contributed by atoms with Gasteiger partial charge in [-0.2, -0.15) is 0 Å². The van der Waals surface area contributed by atoms with Crippen molar-refractivity contribution < 1.29 is 28.6 Å². The summed E-state index contributed by atoms with van der Waals surface area (Å²) in [5.74, 6) is 0. The molecule has 1 N–H and O–H groups in total. The third kappa shape index (κ3) is 10.9. The first-order valence-electron chi connectivity index (χ1n) is 12.7. The molecule has 2 heterocycles. The van der Waals surface area contributed by atoms with E-state index in [2.05, 4.69) is 26.6 Å². The van der Waals surface area contributed by atoms with E-state index < -0.39 is 25.6 Å². The van der Waals surface area contributed by atoms with Crippen LogP contribution in [0.2, 0.25) is 19.6 Å². The van der Waals surface area contributed by atoms with Crippen LogP contribution in [0.4, 0.5) is 9.59 Å². The number of carbonyl (C=O) groups is 2. The summed E-state index contributed by atoms with van der Waals surface area (Å²) in [7, 11) is -1.58. The van der Waals surface area contributed by atoms with E-state index in [1.165, 1.54) is 0 Å². The average molecular weight is 503 g/mol. The zero-order chi connectivity index (χ0) is 26.5. The monoisotopic (exact) mass is 502 g/mol. The number of ether oxygens (including phenoxy) is 2. The van der Waals surface area contributed by atoms with Gasteiger partial charge in [0, 0.05) is 13.1 Å².